The third-order valence-corrected chi connectivity index (χ3v) is 4.17. The molecule has 4 heteroatoms. The molecule has 2 nitrogen and oxygen atoms in total. The Morgan fingerprint density at radius 1 is 1.11 bits per heavy atom. The lowest BCUT2D eigenvalue weighted by Crippen LogP contribution is -2.44. The van der Waals surface area contributed by atoms with Gasteiger partial charge in [-0.1, -0.05) is 43.1 Å². The normalized spacial score (nSPS) is 14.0. The van der Waals surface area contributed by atoms with Gasteiger partial charge in [0.2, 0.25) is 0 Å². The molecule has 1 amide bonds. The van der Waals surface area contributed by atoms with Crippen LogP contribution in [0, 0.1) is 0 Å². The lowest BCUT2D eigenvalue weighted by atomic mass is 10.1. The third-order valence-electron chi connectivity index (χ3n) is 3.54. The number of amides is 1. The number of halogens is 2. The first-order valence-corrected chi connectivity index (χ1v) is 7.46. The first-order valence-electron chi connectivity index (χ1n) is 6.70. The van der Waals surface area contributed by atoms with Gasteiger partial charge in [-0.15, -0.1) is 0 Å². The summed E-state index contributed by atoms with van der Waals surface area (Å²) in [6, 6.07) is 5.47. The van der Waals surface area contributed by atoms with E-state index in [1.807, 2.05) is 4.90 Å². The summed E-state index contributed by atoms with van der Waals surface area (Å²) < 4.78 is 0. The van der Waals surface area contributed by atoms with E-state index in [0.717, 1.165) is 12.8 Å². The number of rotatable bonds is 5. The summed E-state index contributed by atoms with van der Waals surface area (Å²) in [5, 5.41) is 0.822. The van der Waals surface area contributed by atoms with Gasteiger partial charge >= 0.3 is 0 Å². The van der Waals surface area contributed by atoms with Crippen LogP contribution in [0.3, 0.4) is 0 Å². The summed E-state index contributed by atoms with van der Waals surface area (Å²) in [6.45, 7) is 8.24. The van der Waals surface area contributed by atoms with Crippen LogP contribution in [-0.4, -0.2) is 22.9 Å². The molecule has 0 spiro atoms. The molecule has 0 bridgehead atoms. The van der Waals surface area contributed by atoms with E-state index in [4.69, 9.17) is 23.2 Å². The number of carbonyl (C=O) groups is 1. The quantitative estimate of drug-likeness (QED) is 0.746. The van der Waals surface area contributed by atoms with Gasteiger partial charge in [-0.2, -0.15) is 0 Å². The van der Waals surface area contributed by atoms with Crippen LogP contribution in [0.1, 0.15) is 50.9 Å². The summed E-state index contributed by atoms with van der Waals surface area (Å²) in [5.41, 5.74) is 0.409. The van der Waals surface area contributed by atoms with Crippen LogP contribution in [0.4, 0.5) is 0 Å². The Morgan fingerprint density at radius 2 is 1.53 bits per heavy atom. The molecule has 0 aliphatic heterocycles. The zero-order valence-electron chi connectivity index (χ0n) is 11.9. The second-order valence-corrected chi connectivity index (χ2v) is 5.64. The molecule has 0 fully saturated rings. The van der Waals surface area contributed by atoms with Crippen molar-refractivity contribution in [1.29, 1.82) is 0 Å². The highest BCUT2D eigenvalue weighted by atomic mass is 35.5. The van der Waals surface area contributed by atoms with Crippen LogP contribution >= 0.6 is 23.2 Å². The topological polar surface area (TPSA) is 20.3 Å². The molecule has 1 rings (SSSR count). The molecular formula is C15H21Cl2NO. The summed E-state index contributed by atoms with van der Waals surface area (Å²) in [4.78, 5) is 14.6. The van der Waals surface area contributed by atoms with Gasteiger partial charge in [-0.05, 0) is 38.8 Å². The summed E-state index contributed by atoms with van der Waals surface area (Å²) in [5.74, 6) is -0.0840. The number of nitrogens with zero attached hydrogens (tertiary/aromatic N) is 1. The summed E-state index contributed by atoms with van der Waals surface area (Å²) in [6.07, 6.45) is 1.80. The predicted octanol–water partition coefficient (Wildman–Crippen LogP) is 5.03. The highest BCUT2D eigenvalue weighted by Crippen LogP contribution is 2.28. The van der Waals surface area contributed by atoms with Gasteiger partial charge in [0, 0.05) is 12.1 Å². The molecule has 0 N–H and O–H groups in total. The average molecular weight is 302 g/mol. The van der Waals surface area contributed by atoms with E-state index in [1.54, 1.807) is 18.2 Å². The van der Waals surface area contributed by atoms with Gasteiger partial charge < -0.3 is 4.90 Å². The maximum Gasteiger partial charge on any atom is 0.257 e. The lowest BCUT2D eigenvalue weighted by Gasteiger charge is -2.34. The van der Waals surface area contributed by atoms with Gasteiger partial charge in [-0.25, -0.2) is 0 Å². The number of carbonyl (C=O) groups excluding carboxylic acids is 1. The zero-order chi connectivity index (χ0) is 14.6. The standard InChI is InChI=1S/C15H21Cl2NO/c1-5-10(3)18(11(4)6-2)15(19)14-12(16)8-7-9-13(14)17/h7-11H,5-6H2,1-4H3/t10-,11-/m0/s1. The van der Waals surface area contributed by atoms with E-state index < -0.39 is 0 Å². The monoisotopic (exact) mass is 301 g/mol. The van der Waals surface area contributed by atoms with Gasteiger partial charge in [-0.3, -0.25) is 4.79 Å². The van der Waals surface area contributed by atoms with E-state index in [1.165, 1.54) is 0 Å². The van der Waals surface area contributed by atoms with E-state index in [0.29, 0.717) is 15.6 Å². The third kappa shape index (κ3) is 3.64. The first kappa shape index (κ1) is 16.3. The minimum absolute atomic E-state index is 0.0840. The fourth-order valence-corrected chi connectivity index (χ4v) is 2.62. The van der Waals surface area contributed by atoms with Crippen molar-refractivity contribution in [3.8, 4) is 0 Å². The fraction of sp³-hybridized carbons (Fsp3) is 0.533. The minimum Gasteiger partial charge on any atom is -0.333 e. The highest BCUT2D eigenvalue weighted by Gasteiger charge is 2.27. The van der Waals surface area contributed by atoms with Gasteiger partial charge in [0.25, 0.3) is 5.91 Å². The predicted molar refractivity (Wildman–Crippen MR) is 82.1 cm³/mol. The van der Waals surface area contributed by atoms with Gasteiger partial charge in [0.05, 0.1) is 15.6 Å². The Labute approximate surface area is 125 Å². The van der Waals surface area contributed by atoms with Crippen LogP contribution in [0.5, 0.6) is 0 Å². The van der Waals surface area contributed by atoms with Crippen LogP contribution in [-0.2, 0) is 0 Å². The van der Waals surface area contributed by atoms with Crippen LogP contribution in [0.25, 0.3) is 0 Å². The molecule has 0 aliphatic carbocycles. The van der Waals surface area contributed by atoms with Crippen molar-refractivity contribution in [1.82, 2.24) is 4.90 Å². The average Bonchev–Trinajstić information content (AvgIpc) is 2.38. The first-order chi connectivity index (χ1) is 8.93. The Hall–Kier alpha value is -0.730. The largest absolute Gasteiger partial charge is 0.333 e. The molecule has 0 unspecified atom stereocenters. The molecular weight excluding hydrogens is 281 g/mol. The van der Waals surface area contributed by atoms with E-state index in [2.05, 4.69) is 27.7 Å². The molecule has 19 heavy (non-hydrogen) atoms. The van der Waals surface area contributed by atoms with Crippen LogP contribution in [0.15, 0.2) is 18.2 Å². The maximum absolute atomic E-state index is 12.7. The van der Waals surface area contributed by atoms with Gasteiger partial charge in [0.15, 0.2) is 0 Å². The van der Waals surface area contributed by atoms with Crippen molar-refractivity contribution in [2.45, 2.75) is 52.6 Å². The van der Waals surface area contributed by atoms with E-state index >= 15 is 0 Å². The van der Waals surface area contributed by atoms with Crippen molar-refractivity contribution >= 4 is 29.1 Å². The van der Waals surface area contributed by atoms with Crippen LogP contribution < -0.4 is 0 Å². The zero-order valence-corrected chi connectivity index (χ0v) is 13.4. The Kier molecular flexibility index (Phi) is 6.15. The molecule has 0 heterocycles. The van der Waals surface area contributed by atoms with Crippen molar-refractivity contribution in [2.24, 2.45) is 0 Å². The highest BCUT2D eigenvalue weighted by molar-refractivity contribution is 6.39. The van der Waals surface area contributed by atoms with E-state index in [9.17, 15) is 4.79 Å². The molecule has 0 aromatic heterocycles. The van der Waals surface area contributed by atoms with Crippen molar-refractivity contribution in [2.75, 3.05) is 0 Å². The smallest absolute Gasteiger partial charge is 0.257 e. The van der Waals surface area contributed by atoms with Crippen molar-refractivity contribution in [3.63, 3.8) is 0 Å². The molecule has 0 saturated heterocycles. The van der Waals surface area contributed by atoms with Gasteiger partial charge in [0.1, 0.15) is 0 Å². The SMILES string of the molecule is CC[C@H](C)N(C(=O)c1c(Cl)cccc1Cl)[C@@H](C)CC. The second-order valence-electron chi connectivity index (χ2n) is 4.82. The molecule has 2 atom stereocenters. The molecule has 1 aromatic carbocycles. The fourth-order valence-electron chi connectivity index (χ4n) is 2.06. The van der Waals surface area contributed by atoms with Crippen LogP contribution in [0.2, 0.25) is 10.0 Å². The number of hydrogen-bond donors (Lipinski definition) is 0. The molecule has 1 aromatic rings. The number of hydrogen-bond acceptors (Lipinski definition) is 1. The molecule has 0 saturated carbocycles. The summed E-state index contributed by atoms with van der Waals surface area (Å²) in [7, 11) is 0. The lowest BCUT2D eigenvalue weighted by molar-refractivity contribution is 0.0599. The minimum atomic E-state index is -0.0840. The maximum atomic E-state index is 12.7. The Morgan fingerprint density at radius 3 is 1.89 bits per heavy atom. The Balaban J connectivity index is 3.20. The molecule has 0 radical (unpaired) electrons. The molecule has 0 aliphatic rings. The second kappa shape index (κ2) is 7.16. The van der Waals surface area contributed by atoms with Crippen molar-refractivity contribution < 1.29 is 4.79 Å². The Bertz CT molecular complexity index is 418. The molecule has 106 valence electrons. The van der Waals surface area contributed by atoms with E-state index in [-0.39, 0.29) is 18.0 Å². The van der Waals surface area contributed by atoms with Crippen molar-refractivity contribution in [3.05, 3.63) is 33.8 Å². The summed E-state index contributed by atoms with van der Waals surface area (Å²) >= 11 is 12.3. The number of benzene rings is 1.